The lowest BCUT2D eigenvalue weighted by atomic mass is 9.73. The maximum atomic E-state index is 3.89. The van der Waals surface area contributed by atoms with Crippen molar-refractivity contribution in [1.29, 1.82) is 0 Å². The second-order valence-electron chi connectivity index (χ2n) is 6.21. The Balaban J connectivity index is 2.21. The lowest BCUT2D eigenvalue weighted by molar-refractivity contribution is 0.177. The highest BCUT2D eigenvalue weighted by molar-refractivity contribution is 7.10. The molecule has 3 unspecified atom stereocenters. The van der Waals surface area contributed by atoms with Crippen LogP contribution in [0.1, 0.15) is 75.8 Å². The van der Waals surface area contributed by atoms with Crippen molar-refractivity contribution in [2.24, 2.45) is 11.8 Å². The Bertz CT molecular complexity index is 385. The molecule has 1 fully saturated rings. The van der Waals surface area contributed by atoms with Crippen LogP contribution in [0.2, 0.25) is 0 Å². The molecule has 114 valence electrons. The van der Waals surface area contributed by atoms with Gasteiger partial charge in [0, 0.05) is 10.9 Å². The predicted octanol–water partition coefficient (Wildman–Crippen LogP) is 5.57. The fourth-order valence-corrected chi connectivity index (χ4v) is 4.98. The highest BCUT2D eigenvalue weighted by Crippen LogP contribution is 2.42. The van der Waals surface area contributed by atoms with E-state index in [4.69, 9.17) is 0 Å². The first-order chi connectivity index (χ1) is 9.81. The first-order valence-corrected chi connectivity index (χ1v) is 9.49. The SMILES string of the molecule is CCCNC(c1sccc1CC)C1CCCCC1CC. The van der Waals surface area contributed by atoms with Crippen molar-refractivity contribution < 1.29 is 0 Å². The highest BCUT2D eigenvalue weighted by atomic mass is 32.1. The van der Waals surface area contributed by atoms with Crippen LogP contribution >= 0.6 is 11.3 Å². The average Bonchev–Trinajstić information content (AvgIpc) is 2.96. The molecule has 20 heavy (non-hydrogen) atoms. The van der Waals surface area contributed by atoms with E-state index in [1.807, 2.05) is 11.3 Å². The van der Waals surface area contributed by atoms with Gasteiger partial charge >= 0.3 is 0 Å². The minimum Gasteiger partial charge on any atom is -0.309 e. The molecule has 0 spiro atoms. The summed E-state index contributed by atoms with van der Waals surface area (Å²) < 4.78 is 0. The van der Waals surface area contributed by atoms with E-state index in [1.165, 1.54) is 44.9 Å². The second-order valence-corrected chi connectivity index (χ2v) is 7.16. The molecule has 1 aliphatic carbocycles. The summed E-state index contributed by atoms with van der Waals surface area (Å²) in [6.07, 6.45) is 9.49. The maximum Gasteiger partial charge on any atom is 0.0448 e. The van der Waals surface area contributed by atoms with Crippen molar-refractivity contribution in [2.45, 2.75) is 71.8 Å². The summed E-state index contributed by atoms with van der Waals surface area (Å²) in [6, 6.07) is 2.94. The van der Waals surface area contributed by atoms with Gasteiger partial charge in [-0.1, -0.05) is 46.5 Å². The highest BCUT2D eigenvalue weighted by Gasteiger charge is 2.32. The first kappa shape index (κ1) is 16.0. The summed E-state index contributed by atoms with van der Waals surface area (Å²) >= 11 is 1.98. The summed E-state index contributed by atoms with van der Waals surface area (Å²) in [6.45, 7) is 8.10. The number of thiophene rings is 1. The molecule has 0 aromatic carbocycles. The molecule has 0 amide bonds. The van der Waals surface area contributed by atoms with Gasteiger partial charge in [0.15, 0.2) is 0 Å². The molecule has 1 aromatic heterocycles. The van der Waals surface area contributed by atoms with Crippen LogP contribution in [0.5, 0.6) is 0 Å². The Kier molecular flexibility index (Phi) is 6.57. The minimum atomic E-state index is 0.607. The van der Waals surface area contributed by atoms with Gasteiger partial charge in [-0.25, -0.2) is 0 Å². The third-order valence-corrected chi connectivity index (χ3v) is 6.02. The summed E-state index contributed by atoms with van der Waals surface area (Å²) in [4.78, 5) is 1.63. The second kappa shape index (κ2) is 8.19. The van der Waals surface area contributed by atoms with E-state index in [-0.39, 0.29) is 0 Å². The van der Waals surface area contributed by atoms with Crippen molar-refractivity contribution in [3.8, 4) is 0 Å². The zero-order chi connectivity index (χ0) is 14.4. The molecule has 0 saturated heterocycles. The summed E-state index contributed by atoms with van der Waals surface area (Å²) in [5.41, 5.74) is 1.57. The van der Waals surface area contributed by atoms with Gasteiger partial charge in [-0.05, 0) is 54.7 Å². The van der Waals surface area contributed by atoms with E-state index in [2.05, 4.69) is 37.5 Å². The molecule has 1 heterocycles. The van der Waals surface area contributed by atoms with Crippen molar-refractivity contribution in [2.75, 3.05) is 6.54 Å². The minimum absolute atomic E-state index is 0.607. The van der Waals surface area contributed by atoms with Gasteiger partial charge in [-0.3, -0.25) is 0 Å². The van der Waals surface area contributed by atoms with Crippen molar-refractivity contribution in [3.63, 3.8) is 0 Å². The molecule has 2 heteroatoms. The van der Waals surface area contributed by atoms with Crippen molar-refractivity contribution >= 4 is 11.3 Å². The average molecular weight is 294 g/mol. The van der Waals surface area contributed by atoms with Crippen LogP contribution in [-0.4, -0.2) is 6.54 Å². The molecule has 1 saturated carbocycles. The Labute approximate surface area is 129 Å². The molecule has 0 aliphatic heterocycles. The number of aryl methyl sites for hydroxylation is 1. The smallest absolute Gasteiger partial charge is 0.0448 e. The van der Waals surface area contributed by atoms with Crippen LogP contribution in [0.15, 0.2) is 11.4 Å². The van der Waals surface area contributed by atoms with E-state index in [0.717, 1.165) is 18.4 Å². The molecule has 1 aliphatic rings. The quantitative estimate of drug-likeness (QED) is 0.693. The Morgan fingerprint density at radius 2 is 2.05 bits per heavy atom. The van der Waals surface area contributed by atoms with Gasteiger partial charge < -0.3 is 5.32 Å². The van der Waals surface area contributed by atoms with Gasteiger partial charge in [0.05, 0.1) is 0 Å². The van der Waals surface area contributed by atoms with Gasteiger partial charge in [-0.2, -0.15) is 0 Å². The molecule has 0 radical (unpaired) electrons. The van der Waals surface area contributed by atoms with Crippen LogP contribution in [0.3, 0.4) is 0 Å². The molecular formula is C18H31NS. The molecule has 1 aromatic rings. The van der Waals surface area contributed by atoms with E-state index < -0.39 is 0 Å². The van der Waals surface area contributed by atoms with Crippen LogP contribution in [0.4, 0.5) is 0 Å². The lowest BCUT2D eigenvalue weighted by Crippen LogP contribution is -2.34. The lowest BCUT2D eigenvalue weighted by Gasteiger charge is -2.37. The summed E-state index contributed by atoms with van der Waals surface area (Å²) in [5.74, 6) is 1.77. The normalized spacial score (nSPS) is 24.8. The summed E-state index contributed by atoms with van der Waals surface area (Å²) in [7, 11) is 0. The molecular weight excluding hydrogens is 262 g/mol. The Morgan fingerprint density at radius 3 is 2.75 bits per heavy atom. The summed E-state index contributed by atoms with van der Waals surface area (Å²) in [5, 5.41) is 6.18. The van der Waals surface area contributed by atoms with Crippen LogP contribution in [0, 0.1) is 11.8 Å². The first-order valence-electron chi connectivity index (χ1n) is 8.61. The fourth-order valence-electron chi connectivity index (χ4n) is 3.83. The van der Waals surface area contributed by atoms with Crippen molar-refractivity contribution in [1.82, 2.24) is 5.32 Å². The third kappa shape index (κ3) is 3.65. The Morgan fingerprint density at radius 1 is 1.25 bits per heavy atom. The maximum absolute atomic E-state index is 3.89. The zero-order valence-corrected chi connectivity index (χ0v) is 14.3. The molecule has 2 rings (SSSR count). The van der Waals surface area contributed by atoms with E-state index >= 15 is 0 Å². The predicted molar refractivity (Wildman–Crippen MR) is 90.5 cm³/mol. The van der Waals surface area contributed by atoms with Crippen LogP contribution < -0.4 is 5.32 Å². The van der Waals surface area contributed by atoms with Crippen molar-refractivity contribution in [3.05, 3.63) is 21.9 Å². The zero-order valence-electron chi connectivity index (χ0n) is 13.5. The molecule has 3 atom stereocenters. The van der Waals surface area contributed by atoms with E-state index in [9.17, 15) is 0 Å². The Hall–Kier alpha value is -0.340. The number of hydrogen-bond acceptors (Lipinski definition) is 2. The molecule has 0 bridgehead atoms. The number of hydrogen-bond donors (Lipinski definition) is 1. The van der Waals surface area contributed by atoms with Gasteiger partial charge in [0.2, 0.25) is 0 Å². The number of rotatable bonds is 7. The van der Waals surface area contributed by atoms with Crippen LogP contribution in [0.25, 0.3) is 0 Å². The standard InChI is InChI=1S/C18H31NS/c1-4-12-19-17(18-15(6-3)11-13-20-18)16-10-8-7-9-14(16)5-2/h11,13-14,16-17,19H,4-10,12H2,1-3H3. The third-order valence-electron chi connectivity index (χ3n) is 4.98. The van der Waals surface area contributed by atoms with Crippen LogP contribution in [-0.2, 0) is 6.42 Å². The molecule has 1 nitrogen and oxygen atoms in total. The van der Waals surface area contributed by atoms with Gasteiger partial charge in [-0.15, -0.1) is 11.3 Å². The monoisotopic (exact) mass is 293 g/mol. The fraction of sp³-hybridized carbons (Fsp3) is 0.778. The number of nitrogens with one attached hydrogen (secondary N) is 1. The largest absolute Gasteiger partial charge is 0.309 e. The topological polar surface area (TPSA) is 12.0 Å². The van der Waals surface area contributed by atoms with Gasteiger partial charge in [0.1, 0.15) is 0 Å². The molecule has 1 N–H and O–H groups in total. The van der Waals surface area contributed by atoms with E-state index in [0.29, 0.717) is 6.04 Å². The van der Waals surface area contributed by atoms with E-state index in [1.54, 1.807) is 10.4 Å². The van der Waals surface area contributed by atoms with Gasteiger partial charge in [0.25, 0.3) is 0 Å².